The Bertz CT molecular complexity index is 3020. The van der Waals surface area contributed by atoms with Crippen LogP contribution in [0.3, 0.4) is 0 Å². The molecule has 0 spiro atoms. The van der Waals surface area contributed by atoms with Crippen molar-refractivity contribution in [2.45, 2.75) is 91.9 Å². The van der Waals surface area contributed by atoms with Gasteiger partial charge in [0.15, 0.2) is 40.8 Å². The zero-order chi connectivity index (χ0) is 56.3. The maximum atomic E-state index is 13.1. The SMILES string of the molecule is COc1ccc(/C=C/C(=O)OC[C@H]2O[C@@H](O[C@@H]3[C@@H](O)[C@H](O)[C@@H](COC(=O)C=Cc4ccc(O)c(O)c4)O[C@H]3c3cc4c(O[C@@H]5O[C@H](CO)[C@@H](O)[C@H](O)[C@H]5O)cc(O)cc4[o+]c3-c3ccc(O)c(O)c3)[C@H](O)[C@@H](O)[C@@H]2O)cc1O. The zero-order valence-electron chi connectivity index (χ0n) is 40.7. The first-order chi connectivity index (χ1) is 37.1. The van der Waals surface area contributed by atoms with Crippen LogP contribution >= 0.6 is 0 Å². The summed E-state index contributed by atoms with van der Waals surface area (Å²) >= 11 is 0. The number of carbonyl (C=O) groups is 2. The molecule has 418 valence electrons. The van der Waals surface area contributed by atoms with E-state index in [9.17, 15) is 86.2 Å². The Morgan fingerprint density at radius 1 is 0.564 bits per heavy atom. The molecule has 0 saturated carbocycles. The molecule has 0 radical (unpaired) electrons. The molecule has 15 N–H and O–H groups in total. The van der Waals surface area contributed by atoms with Crippen LogP contribution in [-0.2, 0) is 38.0 Å². The highest BCUT2D eigenvalue weighted by Crippen LogP contribution is 2.46. The Kier molecular flexibility index (Phi) is 17.5. The number of hydrogen-bond donors (Lipinski definition) is 15. The lowest BCUT2D eigenvalue weighted by Gasteiger charge is -2.46. The number of benzene rings is 4. The van der Waals surface area contributed by atoms with Crippen LogP contribution in [-0.4, -0.2) is 201 Å². The molecule has 4 aromatic carbocycles. The molecule has 78 heavy (non-hydrogen) atoms. The lowest BCUT2D eigenvalue weighted by molar-refractivity contribution is -0.342. The lowest BCUT2D eigenvalue weighted by atomic mass is 9.88. The van der Waals surface area contributed by atoms with Gasteiger partial charge in [-0.05, 0) is 65.7 Å². The number of rotatable bonds is 16. The van der Waals surface area contributed by atoms with E-state index in [-0.39, 0.29) is 50.7 Å². The number of aliphatic hydroxyl groups is 9. The van der Waals surface area contributed by atoms with Crippen molar-refractivity contribution in [2.75, 3.05) is 26.9 Å². The van der Waals surface area contributed by atoms with Gasteiger partial charge >= 0.3 is 23.3 Å². The molecule has 3 saturated heterocycles. The third-order valence-corrected chi connectivity index (χ3v) is 13.0. The van der Waals surface area contributed by atoms with Crippen LogP contribution in [0.5, 0.6) is 46.0 Å². The van der Waals surface area contributed by atoms with E-state index in [0.29, 0.717) is 5.56 Å². The summed E-state index contributed by atoms with van der Waals surface area (Å²) in [5.41, 5.74) is 0.110. The summed E-state index contributed by atoms with van der Waals surface area (Å²) in [6, 6.07) is 14.7. The molecule has 3 aliphatic rings. The van der Waals surface area contributed by atoms with Crippen molar-refractivity contribution in [3.05, 3.63) is 102 Å². The van der Waals surface area contributed by atoms with Crippen LogP contribution in [0.4, 0.5) is 0 Å². The third kappa shape index (κ3) is 12.3. The van der Waals surface area contributed by atoms with Gasteiger partial charge in [-0.3, -0.25) is 0 Å². The van der Waals surface area contributed by atoms with Gasteiger partial charge in [-0.1, -0.05) is 12.1 Å². The number of esters is 2. The quantitative estimate of drug-likeness (QED) is 0.0260. The van der Waals surface area contributed by atoms with Crippen molar-refractivity contribution >= 4 is 35.1 Å². The highest BCUT2D eigenvalue weighted by atomic mass is 16.7. The molecule has 1 aromatic heterocycles. The van der Waals surface area contributed by atoms with Gasteiger partial charge < -0.3 is 114 Å². The molecule has 26 nitrogen and oxygen atoms in total. The van der Waals surface area contributed by atoms with Gasteiger partial charge in [0.25, 0.3) is 0 Å². The van der Waals surface area contributed by atoms with Crippen molar-refractivity contribution in [3.63, 3.8) is 0 Å². The highest BCUT2D eigenvalue weighted by molar-refractivity contribution is 5.89. The predicted octanol–water partition coefficient (Wildman–Crippen LogP) is -0.331. The first-order valence-corrected chi connectivity index (χ1v) is 23.7. The van der Waals surface area contributed by atoms with E-state index < -0.39 is 152 Å². The lowest BCUT2D eigenvalue weighted by Crippen LogP contribution is -2.63. The number of aromatic hydroxyl groups is 6. The Hall–Kier alpha value is -7.41. The molecule has 0 amide bonds. The maximum absolute atomic E-state index is 13.1. The van der Waals surface area contributed by atoms with E-state index in [1.165, 1.54) is 61.7 Å². The van der Waals surface area contributed by atoms with E-state index >= 15 is 0 Å². The molecule has 5 aromatic rings. The Balaban J connectivity index is 1.16. The van der Waals surface area contributed by atoms with Gasteiger partial charge in [-0.15, -0.1) is 0 Å². The number of hydrogen-bond acceptors (Lipinski definition) is 25. The van der Waals surface area contributed by atoms with Gasteiger partial charge in [0.05, 0.1) is 30.9 Å². The molecule has 0 unspecified atom stereocenters. The van der Waals surface area contributed by atoms with Crippen LogP contribution < -0.4 is 9.47 Å². The van der Waals surface area contributed by atoms with Crippen LogP contribution in [0.15, 0.2) is 89.4 Å². The van der Waals surface area contributed by atoms with Crippen LogP contribution in [0.25, 0.3) is 34.4 Å². The summed E-state index contributed by atoms with van der Waals surface area (Å²) in [7, 11) is 1.35. The minimum absolute atomic E-state index is 0.0505. The molecular weight excluding hydrogens is 1040 g/mol. The van der Waals surface area contributed by atoms with Crippen LogP contribution in [0, 0.1) is 0 Å². The summed E-state index contributed by atoms with van der Waals surface area (Å²) < 4.78 is 52.0. The Labute approximate surface area is 440 Å². The molecule has 3 fully saturated rings. The van der Waals surface area contributed by atoms with Crippen LogP contribution in [0.2, 0.25) is 0 Å². The van der Waals surface area contributed by atoms with Crippen molar-refractivity contribution < 1.29 is 128 Å². The molecule has 26 heteroatoms. The molecule has 0 bridgehead atoms. The summed E-state index contributed by atoms with van der Waals surface area (Å²) in [5.74, 6) is -5.45. The average Bonchev–Trinajstić information content (AvgIpc) is 3.48. The summed E-state index contributed by atoms with van der Waals surface area (Å²) in [6.07, 6.45) is -24.2. The van der Waals surface area contributed by atoms with E-state index in [4.69, 9.17) is 42.3 Å². The van der Waals surface area contributed by atoms with Crippen LogP contribution in [0.1, 0.15) is 22.8 Å². The minimum Gasteiger partial charge on any atom is -0.507 e. The second kappa shape index (κ2) is 24.1. The zero-order valence-corrected chi connectivity index (χ0v) is 40.7. The molecule has 4 heterocycles. The number of carbonyl (C=O) groups excluding carboxylic acids is 2. The number of phenols is 6. The van der Waals surface area contributed by atoms with E-state index in [1.807, 2.05) is 0 Å². The maximum Gasteiger partial charge on any atom is 0.368 e. The van der Waals surface area contributed by atoms with Gasteiger partial charge in [0, 0.05) is 24.3 Å². The fraction of sp³-hybridized carbons (Fsp3) is 0.365. The number of methoxy groups -OCH3 is 1. The standard InChI is InChI=1S/C52H54O26/c1-70-32-9-3-22(13-31(32)59)5-11-39(61)72-20-37-41(63)44(66)47(69)52(77-37)78-50-45(67)42(64)36(19-71-38(60)10-4-21-2-7-27(55)29(57)12-21)74-49(50)26-17-25-33(73-48(26)23-6-8-28(56)30(58)14-23)15-24(54)16-34(25)75-51-46(68)43(65)40(62)35(18-53)76-51/h2-17,35-37,40-47,49-53,62-69H,18-20H2,1H3,(H5-,54,55,56,57,58,59,60)/p+1/b11-5+/t35-,36-,37-,40-,41-,42-,43+,44+,45+,46-,47-,49+,50-,51-,52+/m1/s1. The monoisotopic (exact) mass is 1100 g/mol. The topological polar surface area (TPSA) is 423 Å². The van der Waals surface area contributed by atoms with Crippen molar-refractivity contribution in [3.8, 4) is 57.3 Å². The van der Waals surface area contributed by atoms with Crippen molar-refractivity contribution in [1.82, 2.24) is 0 Å². The second-order valence-corrected chi connectivity index (χ2v) is 18.2. The minimum atomic E-state index is -2.16. The van der Waals surface area contributed by atoms with Gasteiger partial charge in [0.2, 0.25) is 6.29 Å². The molecule has 3 aliphatic heterocycles. The second-order valence-electron chi connectivity index (χ2n) is 18.2. The van der Waals surface area contributed by atoms with E-state index in [2.05, 4.69) is 0 Å². The fourth-order valence-electron chi connectivity index (χ4n) is 8.70. The van der Waals surface area contributed by atoms with E-state index in [1.54, 1.807) is 0 Å². The fourth-order valence-corrected chi connectivity index (χ4v) is 8.70. The Morgan fingerprint density at radius 2 is 1.12 bits per heavy atom. The highest BCUT2D eigenvalue weighted by Gasteiger charge is 2.53. The van der Waals surface area contributed by atoms with Gasteiger partial charge in [-0.2, -0.15) is 0 Å². The smallest absolute Gasteiger partial charge is 0.368 e. The largest absolute Gasteiger partial charge is 0.507 e. The first kappa shape index (κ1) is 56.8. The molecule has 8 rings (SSSR count). The van der Waals surface area contributed by atoms with Crippen molar-refractivity contribution in [2.24, 2.45) is 0 Å². The third-order valence-electron chi connectivity index (χ3n) is 13.0. The number of ether oxygens (including phenoxy) is 8. The van der Waals surface area contributed by atoms with Gasteiger partial charge in [-0.25, -0.2) is 14.0 Å². The average molecular weight is 1100 g/mol. The predicted molar refractivity (Wildman–Crippen MR) is 261 cm³/mol. The summed E-state index contributed by atoms with van der Waals surface area (Å²) in [4.78, 5) is 25.9. The Morgan fingerprint density at radius 3 is 1.72 bits per heavy atom. The normalized spacial score (nSPS) is 29.4. The van der Waals surface area contributed by atoms with Crippen molar-refractivity contribution in [1.29, 1.82) is 0 Å². The molecular formula is C52H55O26+. The number of aliphatic hydroxyl groups excluding tert-OH is 9. The first-order valence-electron chi connectivity index (χ1n) is 23.7. The van der Waals surface area contributed by atoms with Gasteiger partial charge in [0.1, 0.15) is 109 Å². The van der Waals surface area contributed by atoms with E-state index in [0.717, 1.165) is 42.5 Å². The number of phenolic OH excluding ortho intramolecular Hbond substituents is 6. The number of fused-ring (bicyclic) bond motifs is 1. The molecule has 15 atom stereocenters. The molecule has 0 aliphatic carbocycles. The summed E-state index contributed by atoms with van der Waals surface area (Å²) in [5, 5.41) is 160. The summed E-state index contributed by atoms with van der Waals surface area (Å²) in [6.45, 7) is -2.44.